The molecule has 1 heterocycles. The van der Waals surface area contributed by atoms with Crippen LogP contribution in [0, 0.1) is 11.3 Å². The van der Waals surface area contributed by atoms with Gasteiger partial charge < -0.3 is 4.74 Å². The second-order valence-electron chi connectivity index (χ2n) is 4.62. The van der Waals surface area contributed by atoms with E-state index in [0.29, 0.717) is 6.61 Å². The van der Waals surface area contributed by atoms with Crippen LogP contribution in [-0.2, 0) is 4.74 Å². The summed E-state index contributed by atoms with van der Waals surface area (Å²) in [5.74, 6) is 0. The fraction of sp³-hybridized carbons (Fsp3) is 0.909. The smallest absolute Gasteiger partial charge is 0.113 e. The van der Waals surface area contributed by atoms with Crippen LogP contribution in [0.3, 0.4) is 0 Å². The number of nitriles is 1. The van der Waals surface area contributed by atoms with Crippen LogP contribution in [0.4, 0.5) is 0 Å². The average molecular weight is 196 g/mol. The van der Waals surface area contributed by atoms with Crippen molar-refractivity contribution in [3.05, 3.63) is 0 Å². The molecule has 0 radical (unpaired) electrons. The van der Waals surface area contributed by atoms with Gasteiger partial charge in [-0.05, 0) is 27.4 Å². The number of rotatable bonds is 2. The summed E-state index contributed by atoms with van der Waals surface area (Å²) < 4.78 is 5.74. The highest BCUT2D eigenvalue weighted by atomic mass is 16.5. The largest absolute Gasteiger partial charge is 0.375 e. The number of hydrogen-bond donors (Lipinski definition) is 0. The van der Waals surface area contributed by atoms with Gasteiger partial charge in [0.15, 0.2) is 0 Å². The van der Waals surface area contributed by atoms with Crippen molar-refractivity contribution >= 4 is 0 Å². The SMILES string of the molecule is CCC1(C)CC(C#N)(N(C)C)CCO1. The predicted molar refractivity (Wildman–Crippen MR) is 55.9 cm³/mol. The second kappa shape index (κ2) is 3.88. The fourth-order valence-corrected chi connectivity index (χ4v) is 2.03. The van der Waals surface area contributed by atoms with Crippen LogP contribution in [0.2, 0.25) is 0 Å². The maximum Gasteiger partial charge on any atom is 0.113 e. The molecule has 0 amide bonds. The summed E-state index contributed by atoms with van der Waals surface area (Å²) in [7, 11) is 3.95. The van der Waals surface area contributed by atoms with Gasteiger partial charge in [0.2, 0.25) is 0 Å². The van der Waals surface area contributed by atoms with Gasteiger partial charge in [-0.3, -0.25) is 4.90 Å². The molecule has 14 heavy (non-hydrogen) atoms. The third-order valence-corrected chi connectivity index (χ3v) is 3.44. The molecule has 0 aromatic rings. The number of ether oxygens (including phenoxy) is 1. The molecule has 3 heteroatoms. The lowest BCUT2D eigenvalue weighted by Gasteiger charge is -2.45. The van der Waals surface area contributed by atoms with Crippen molar-refractivity contribution in [1.82, 2.24) is 4.90 Å². The van der Waals surface area contributed by atoms with Crippen LogP contribution < -0.4 is 0 Å². The molecular formula is C11H20N2O. The van der Waals surface area contributed by atoms with Crippen LogP contribution in [0.1, 0.15) is 33.1 Å². The molecule has 2 atom stereocenters. The van der Waals surface area contributed by atoms with Gasteiger partial charge in [-0.1, -0.05) is 6.92 Å². The van der Waals surface area contributed by atoms with E-state index in [9.17, 15) is 5.26 Å². The van der Waals surface area contributed by atoms with E-state index in [1.165, 1.54) is 0 Å². The second-order valence-corrected chi connectivity index (χ2v) is 4.62. The fourth-order valence-electron chi connectivity index (χ4n) is 2.03. The molecule has 2 unspecified atom stereocenters. The first-order chi connectivity index (χ1) is 6.48. The summed E-state index contributed by atoms with van der Waals surface area (Å²) in [6.45, 7) is 4.90. The van der Waals surface area contributed by atoms with Gasteiger partial charge in [-0.15, -0.1) is 0 Å². The molecule has 0 aromatic carbocycles. The summed E-state index contributed by atoms with van der Waals surface area (Å²) in [5.41, 5.74) is -0.457. The van der Waals surface area contributed by atoms with E-state index >= 15 is 0 Å². The minimum Gasteiger partial charge on any atom is -0.375 e. The maximum absolute atomic E-state index is 9.29. The predicted octanol–water partition coefficient (Wildman–Crippen LogP) is 1.79. The molecule has 80 valence electrons. The van der Waals surface area contributed by atoms with E-state index in [0.717, 1.165) is 19.3 Å². The highest BCUT2D eigenvalue weighted by Gasteiger charge is 2.44. The van der Waals surface area contributed by atoms with Crippen LogP contribution in [0.25, 0.3) is 0 Å². The number of nitrogens with zero attached hydrogens (tertiary/aromatic N) is 2. The van der Waals surface area contributed by atoms with Gasteiger partial charge in [0, 0.05) is 12.8 Å². The van der Waals surface area contributed by atoms with Crippen molar-refractivity contribution < 1.29 is 4.74 Å². The minimum absolute atomic E-state index is 0.127. The van der Waals surface area contributed by atoms with Gasteiger partial charge in [-0.2, -0.15) is 5.26 Å². The third-order valence-electron chi connectivity index (χ3n) is 3.44. The van der Waals surface area contributed by atoms with Gasteiger partial charge in [-0.25, -0.2) is 0 Å². The standard InChI is InChI=1S/C11H20N2O/c1-5-10(2)8-11(9-12,13(3)4)6-7-14-10/h5-8H2,1-4H3. The van der Waals surface area contributed by atoms with Gasteiger partial charge >= 0.3 is 0 Å². The van der Waals surface area contributed by atoms with Crippen LogP contribution >= 0.6 is 0 Å². The quantitative estimate of drug-likeness (QED) is 0.675. The van der Waals surface area contributed by atoms with Gasteiger partial charge in [0.1, 0.15) is 5.54 Å². The summed E-state index contributed by atoms with van der Waals surface area (Å²) >= 11 is 0. The first-order valence-corrected chi connectivity index (χ1v) is 5.21. The van der Waals surface area contributed by atoms with Crippen molar-refractivity contribution in [1.29, 1.82) is 5.26 Å². The van der Waals surface area contributed by atoms with E-state index < -0.39 is 0 Å². The Morgan fingerprint density at radius 2 is 2.14 bits per heavy atom. The van der Waals surface area contributed by atoms with E-state index in [4.69, 9.17) is 4.74 Å². The Balaban J connectivity index is 2.86. The molecule has 1 aliphatic heterocycles. The monoisotopic (exact) mass is 196 g/mol. The van der Waals surface area contributed by atoms with Crippen molar-refractivity contribution in [2.45, 2.75) is 44.2 Å². The Morgan fingerprint density at radius 3 is 2.57 bits per heavy atom. The molecule has 1 aliphatic rings. The number of hydrogen-bond acceptors (Lipinski definition) is 3. The normalized spacial score (nSPS) is 38.3. The lowest BCUT2D eigenvalue weighted by atomic mass is 9.79. The zero-order valence-electron chi connectivity index (χ0n) is 9.63. The highest BCUT2D eigenvalue weighted by Crippen LogP contribution is 2.36. The molecule has 3 nitrogen and oxygen atoms in total. The van der Waals surface area contributed by atoms with Crippen LogP contribution in [0.5, 0.6) is 0 Å². The Labute approximate surface area is 86.6 Å². The van der Waals surface area contributed by atoms with Crippen molar-refractivity contribution in [3.8, 4) is 6.07 Å². The zero-order chi connectivity index (χ0) is 10.8. The summed E-state index contributed by atoms with van der Waals surface area (Å²) in [6, 6.07) is 2.45. The van der Waals surface area contributed by atoms with Gasteiger partial charge in [0.05, 0.1) is 18.3 Å². The lowest BCUT2D eigenvalue weighted by Crippen LogP contribution is -2.53. The van der Waals surface area contributed by atoms with Gasteiger partial charge in [0.25, 0.3) is 0 Å². The molecule has 1 fully saturated rings. The third kappa shape index (κ3) is 1.92. The summed E-state index contributed by atoms with van der Waals surface area (Å²) in [4.78, 5) is 2.03. The summed E-state index contributed by atoms with van der Waals surface area (Å²) in [5, 5.41) is 9.29. The van der Waals surface area contributed by atoms with Crippen molar-refractivity contribution in [2.24, 2.45) is 0 Å². The highest BCUT2D eigenvalue weighted by molar-refractivity contribution is 5.11. The minimum atomic E-state index is -0.330. The van der Waals surface area contributed by atoms with Crippen molar-refractivity contribution in [2.75, 3.05) is 20.7 Å². The molecule has 0 aromatic heterocycles. The molecular weight excluding hydrogens is 176 g/mol. The molecule has 1 saturated heterocycles. The maximum atomic E-state index is 9.29. The van der Waals surface area contributed by atoms with E-state index in [1.807, 2.05) is 19.0 Å². The topological polar surface area (TPSA) is 36.3 Å². The van der Waals surface area contributed by atoms with E-state index in [2.05, 4.69) is 19.9 Å². The molecule has 0 N–H and O–H groups in total. The molecule has 1 rings (SSSR count). The Morgan fingerprint density at radius 1 is 1.50 bits per heavy atom. The molecule has 0 bridgehead atoms. The van der Waals surface area contributed by atoms with Crippen LogP contribution in [-0.4, -0.2) is 36.7 Å². The molecule has 0 spiro atoms. The Kier molecular flexibility index (Phi) is 3.18. The Bertz CT molecular complexity index is 246. The van der Waals surface area contributed by atoms with Crippen LogP contribution in [0.15, 0.2) is 0 Å². The van der Waals surface area contributed by atoms with E-state index in [1.54, 1.807) is 0 Å². The molecule has 0 saturated carbocycles. The lowest BCUT2D eigenvalue weighted by molar-refractivity contribution is -0.108. The first-order valence-electron chi connectivity index (χ1n) is 5.21. The van der Waals surface area contributed by atoms with Crippen molar-refractivity contribution in [3.63, 3.8) is 0 Å². The van der Waals surface area contributed by atoms with E-state index in [-0.39, 0.29) is 11.1 Å². The Hall–Kier alpha value is -0.590. The zero-order valence-corrected chi connectivity index (χ0v) is 9.63. The average Bonchev–Trinajstić information content (AvgIpc) is 2.17. The summed E-state index contributed by atoms with van der Waals surface area (Å²) in [6.07, 6.45) is 2.58. The molecule has 0 aliphatic carbocycles. The first kappa shape index (κ1) is 11.5.